The molecule has 0 saturated carbocycles. The van der Waals surface area contributed by atoms with Crippen molar-refractivity contribution in [2.45, 2.75) is 45.0 Å². The number of esters is 1. The van der Waals surface area contributed by atoms with Gasteiger partial charge in [0.2, 0.25) is 0 Å². The maximum atomic E-state index is 12.9. The van der Waals surface area contributed by atoms with E-state index in [2.05, 4.69) is 10.4 Å². The van der Waals surface area contributed by atoms with Crippen LogP contribution in [-0.4, -0.2) is 88.5 Å². The first-order valence-electron chi connectivity index (χ1n) is 9.88. The summed E-state index contributed by atoms with van der Waals surface area (Å²) in [5.41, 5.74) is 1.68. The first-order valence-corrected chi connectivity index (χ1v) is 9.88. The quantitative estimate of drug-likeness (QED) is 0.704. The van der Waals surface area contributed by atoms with Gasteiger partial charge in [0.05, 0.1) is 11.8 Å². The van der Waals surface area contributed by atoms with Crippen LogP contribution in [0.2, 0.25) is 0 Å². The average molecular weight is 414 g/mol. The lowest BCUT2D eigenvalue weighted by Gasteiger charge is -2.44. The fourth-order valence-electron chi connectivity index (χ4n) is 4.17. The van der Waals surface area contributed by atoms with Gasteiger partial charge in [0, 0.05) is 14.1 Å². The predicted octanol–water partition coefficient (Wildman–Crippen LogP) is 0.217. The number of hydrogen-bond donors (Lipinski definition) is 1. The van der Waals surface area contributed by atoms with E-state index in [0.717, 1.165) is 16.2 Å². The number of urea groups is 1. The summed E-state index contributed by atoms with van der Waals surface area (Å²) < 4.78 is 5.40. The molecule has 0 bridgehead atoms. The number of likely N-dealkylation sites (N-methyl/N-ethyl adjacent to an activating group) is 2. The van der Waals surface area contributed by atoms with Gasteiger partial charge in [-0.2, -0.15) is 5.10 Å². The Bertz CT molecular complexity index is 891. The van der Waals surface area contributed by atoms with Gasteiger partial charge in [-0.1, -0.05) is 30.3 Å². The summed E-state index contributed by atoms with van der Waals surface area (Å²) in [6.45, 7) is 3.93. The number of hydrazone groups is 1. The third kappa shape index (κ3) is 3.31. The van der Waals surface area contributed by atoms with Gasteiger partial charge in [0.15, 0.2) is 6.29 Å². The van der Waals surface area contributed by atoms with Crippen molar-refractivity contribution in [2.24, 2.45) is 5.10 Å². The van der Waals surface area contributed by atoms with Gasteiger partial charge in [0.1, 0.15) is 25.4 Å². The Hall–Kier alpha value is -2.98. The fraction of sp³-hybridized carbons (Fsp3) is 0.500. The Balaban J connectivity index is 1.52. The molecule has 1 N–H and O–H groups in total. The van der Waals surface area contributed by atoms with Crippen molar-refractivity contribution in [3.8, 4) is 0 Å². The monoisotopic (exact) mass is 414 g/mol. The van der Waals surface area contributed by atoms with Gasteiger partial charge in [-0.25, -0.2) is 9.69 Å². The number of rotatable bonds is 4. The number of carbonyl (C=O) groups excluding carboxylic acids is 3. The van der Waals surface area contributed by atoms with E-state index in [1.807, 2.05) is 49.1 Å². The zero-order valence-corrected chi connectivity index (χ0v) is 17.5. The van der Waals surface area contributed by atoms with Gasteiger partial charge < -0.3 is 9.64 Å². The number of nitrogens with zero attached hydrogens (tertiary/aromatic N) is 5. The van der Waals surface area contributed by atoms with E-state index < -0.39 is 24.5 Å². The Morgan fingerprint density at radius 2 is 1.90 bits per heavy atom. The van der Waals surface area contributed by atoms with Crippen molar-refractivity contribution in [3.63, 3.8) is 0 Å². The molecule has 30 heavy (non-hydrogen) atoms. The predicted molar refractivity (Wildman–Crippen MR) is 108 cm³/mol. The van der Waals surface area contributed by atoms with Crippen molar-refractivity contribution in [1.29, 1.82) is 0 Å². The first-order chi connectivity index (χ1) is 14.3. The van der Waals surface area contributed by atoms with Crippen LogP contribution in [0.1, 0.15) is 19.4 Å². The molecule has 3 aliphatic rings. The molecule has 1 aromatic carbocycles. The van der Waals surface area contributed by atoms with Crippen LogP contribution in [0.15, 0.2) is 35.4 Å². The van der Waals surface area contributed by atoms with E-state index in [4.69, 9.17) is 4.74 Å². The molecule has 2 fully saturated rings. The molecule has 4 unspecified atom stereocenters. The number of imide groups is 1. The maximum absolute atomic E-state index is 12.9. The van der Waals surface area contributed by atoms with Crippen molar-refractivity contribution < 1.29 is 19.1 Å². The molecule has 4 atom stereocenters. The fourth-order valence-corrected chi connectivity index (χ4v) is 4.17. The van der Waals surface area contributed by atoms with E-state index in [-0.39, 0.29) is 31.1 Å². The highest BCUT2D eigenvalue weighted by molar-refractivity contribution is 6.01. The van der Waals surface area contributed by atoms with Crippen LogP contribution in [0.3, 0.4) is 0 Å². The molecule has 3 heterocycles. The molecule has 3 amide bonds. The Labute approximate surface area is 175 Å². The first kappa shape index (κ1) is 20.3. The molecule has 10 heteroatoms. The molecule has 0 spiro atoms. The SMILES string of the molecule is CC1=NN(CC(=O)OCc2ccccc2)C2NC3C(C(=O)N(C)C(=O)N3C)N2C1C. The van der Waals surface area contributed by atoms with Gasteiger partial charge in [-0.3, -0.25) is 24.8 Å². The highest BCUT2D eigenvalue weighted by atomic mass is 16.5. The second-order valence-electron chi connectivity index (χ2n) is 7.83. The lowest BCUT2D eigenvalue weighted by atomic mass is 10.1. The molecule has 2 saturated heterocycles. The number of nitrogens with one attached hydrogen (secondary N) is 1. The summed E-state index contributed by atoms with van der Waals surface area (Å²) in [4.78, 5) is 42.4. The third-order valence-corrected chi connectivity index (χ3v) is 5.97. The van der Waals surface area contributed by atoms with E-state index in [1.54, 1.807) is 12.1 Å². The smallest absolute Gasteiger partial charge is 0.327 e. The molecule has 0 aromatic heterocycles. The van der Waals surface area contributed by atoms with Gasteiger partial charge in [0.25, 0.3) is 5.91 Å². The van der Waals surface area contributed by atoms with Gasteiger partial charge in [-0.15, -0.1) is 0 Å². The lowest BCUT2D eigenvalue weighted by molar-refractivity contribution is -0.149. The molecule has 0 aliphatic carbocycles. The Kier molecular flexibility index (Phi) is 5.20. The van der Waals surface area contributed by atoms with Crippen molar-refractivity contribution >= 4 is 23.6 Å². The summed E-state index contributed by atoms with van der Waals surface area (Å²) in [7, 11) is 3.14. The molecule has 10 nitrogen and oxygen atoms in total. The van der Waals surface area contributed by atoms with Crippen LogP contribution < -0.4 is 5.32 Å². The van der Waals surface area contributed by atoms with Crippen LogP contribution in [0.25, 0.3) is 0 Å². The standard InChI is InChI=1S/C20H26N6O4/c1-12-13(2)26-16-17(23(3)20(29)24(4)18(16)28)21-19(26)25(22-12)10-15(27)30-11-14-8-6-5-7-9-14/h5-9,13,16-17,19,21H,10-11H2,1-4H3. The molecule has 0 radical (unpaired) electrons. The minimum atomic E-state index is -0.564. The number of ether oxygens (including phenoxy) is 1. The van der Waals surface area contributed by atoms with Crippen molar-refractivity contribution in [1.82, 2.24) is 25.0 Å². The van der Waals surface area contributed by atoms with Crippen molar-refractivity contribution in [3.05, 3.63) is 35.9 Å². The highest BCUT2D eigenvalue weighted by Gasteiger charge is 2.57. The van der Waals surface area contributed by atoms with E-state index in [0.29, 0.717) is 0 Å². The van der Waals surface area contributed by atoms with Crippen LogP contribution in [0, 0.1) is 0 Å². The third-order valence-electron chi connectivity index (χ3n) is 5.97. The van der Waals surface area contributed by atoms with Crippen molar-refractivity contribution in [2.75, 3.05) is 20.6 Å². The number of amides is 3. The number of benzene rings is 1. The average Bonchev–Trinajstić information content (AvgIpc) is 3.15. The van der Waals surface area contributed by atoms with Crippen LogP contribution in [0.5, 0.6) is 0 Å². The lowest BCUT2D eigenvalue weighted by Crippen LogP contribution is -2.66. The summed E-state index contributed by atoms with van der Waals surface area (Å²) in [6.07, 6.45) is -1.01. The van der Waals surface area contributed by atoms with E-state index >= 15 is 0 Å². The second-order valence-corrected chi connectivity index (χ2v) is 7.83. The maximum Gasteiger partial charge on any atom is 0.327 e. The topological polar surface area (TPSA) is 97.8 Å². The zero-order chi connectivity index (χ0) is 21.6. The summed E-state index contributed by atoms with van der Waals surface area (Å²) in [5, 5.41) is 9.45. The van der Waals surface area contributed by atoms with Crippen LogP contribution in [0.4, 0.5) is 4.79 Å². The highest BCUT2D eigenvalue weighted by Crippen LogP contribution is 2.32. The van der Waals surface area contributed by atoms with E-state index in [1.165, 1.54) is 11.9 Å². The molecule has 4 rings (SSSR count). The molecular weight excluding hydrogens is 388 g/mol. The van der Waals surface area contributed by atoms with E-state index in [9.17, 15) is 14.4 Å². The Morgan fingerprint density at radius 3 is 2.60 bits per heavy atom. The second kappa shape index (κ2) is 7.69. The number of hydrogen-bond acceptors (Lipinski definition) is 8. The van der Waals surface area contributed by atoms with Gasteiger partial charge >= 0.3 is 12.0 Å². The summed E-state index contributed by atoms with van der Waals surface area (Å²) in [6, 6.07) is 8.38. The van der Waals surface area contributed by atoms with Crippen LogP contribution in [-0.2, 0) is 20.9 Å². The minimum Gasteiger partial charge on any atom is -0.459 e. The largest absolute Gasteiger partial charge is 0.459 e. The van der Waals surface area contributed by atoms with Crippen LogP contribution >= 0.6 is 0 Å². The number of carbonyl (C=O) groups is 3. The summed E-state index contributed by atoms with van der Waals surface area (Å²) in [5.74, 6) is -0.694. The molecule has 1 aromatic rings. The van der Waals surface area contributed by atoms with Gasteiger partial charge in [-0.05, 0) is 19.4 Å². The molecule has 160 valence electrons. The zero-order valence-electron chi connectivity index (χ0n) is 17.5. The number of fused-ring (bicyclic) bond motifs is 3. The normalized spacial score (nSPS) is 28.9. The molecular formula is C20H26N6O4. The molecule has 3 aliphatic heterocycles. The minimum absolute atomic E-state index is 0.0772. The Morgan fingerprint density at radius 1 is 1.20 bits per heavy atom. The summed E-state index contributed by atoms with van der Waals surface area (Å²) >= 11 is 0.